The number of furan rings is 2. The monoisotopic (exact) mass is 1010 g/mol. The summed E-state index contributed by atoms with van der Waals surface area (Å²) in [4.78, 5) is 42.8. The Morgan fingerprint density at radius 2 is 0.920 bits per heavy atom. The smallest absolute Gasteiger partial charge is 0.222 e. The zero-order valence-corrected chi connectivity index (χ0v) is 44.2. The molecule has 2 aliphatic rings. The lowest BCUT2D eigenvalue weighted by atomic mass is 9.87. The molecule has 8 aromatic rings. The molecule has 1 atom stereocenters. The van der Waals surface area contributed by atoms with Gasteiger partial charge in [0, 0.05) is 101 Å². The third-order valence-electron chi connectivity index (χ3n) is 14.0. The van der Waals surface area contributed by atoms with Crippen LogP contribution >= 0.6 is 0 Å². The summed E-state index contributed by atoms with van der Waals surface area (Å²) in [5, 5.41) is 16.0. The van der Waals surface area contributed by atoms with Crippen molar-refractivity contribution in [2.45, 2.75) is 83.7 Å². The number of nitrogens with one attached hydrogen (secondary N) is 1. The van der Waals surface area contributed by atoms with Gasteiger partial charge in [-0.25, -0.2) is 0 Å². The first kappa shape index (κ1) is 55.6. The number of benzene rings is 6. The third-order valence-corrected chi connectivity index (χ3v) is 14.0. The number of piperazine rings is 2. The molecule has 2 aromatic heterocycles. The number of fused-ring (bicyclic) bond motifs is 2. The number of Topliss-reactive ketones (excluding diaryl/α,β-unsaturated/α-hetero) is 1. The van der Waals surface area contributed by atoms with Gasteiger partial charge in [-0.05, 0) is 72.2 Å². The minimum absolute atomic E-state index is 0.0520. The molecule has 2 aliphatic heterocycles. The molecular formula is C65H76N4O6. The van der Waals surface area contributed by atoms with Crippen LogP contribution in [0.1, 0.15) is 122 Å². The number of amides is 2. The zero-order valence-electron chi connectivity index (χ0n) is 44.2. The first-order chi connectivity index (χ1) is 36.8. The van der Waals surface area contributed by atoms with Gasteiger partial charge in [0.2, 0.25) is 11.8 Å². The van der Waals surface area contributed by atoms with Crippen molar-refractivity contribution in [2.75, 3.05) is 58.9 Å². The summed E-state index contributed by atoms with van der Waals surface area (Å²) in [6.07, 6.45) is 4.77. The molecule has 0 saturated carbocycles. The first-order valence-corrected chi connectivity index (χ1v) is 27.2. The lowest BCUT2D eigenvalue weighted by molar-refractivity contribution is -0.133. The number of carbonyl (C=O) groups is 3. The van der Waals surface area contributed by atoms with E-state index in [1.807, 2.05) is 97.3 Å². The van der Waals surface area contributed by atoms with Crippen molar-refractivity contribution in [2.24, 2.45) is 0 Å². The van der Waals surface area contributed by atoms with Gasteiger partial charge in [0.05, 0.1) is 0 Å². The highest BCUT2D eigenvalue weighted by Crippen LogP contribution is 2.32. The Balaban J connectivity index is 0.000000180. The van der Waals surface area contributed by atoms with Gasteiger partial charge in [-0.15, -0.1) is 0 Å². The maximum Gasteiger partial charge on any atom is 0.222 e. The van der Waals surface area contributed by atoms with Crippen molar-refractivity contribution < 1.29 is 28.3 Å². The number of β-amino-alcohol motifs (C(OH)–C–C–N with tert-alkyl or cyclic N) is 1. The number of para-hydroxylation sites is 2. The SMILES string of the molecule is CC.CCC(=O)c1cc2ccccc2o1.O=C(CCCC(c1ccccc1)c1ccccc1)N1CCN(CC(O)c2cc3ccccc3o2)CC1.O=C(CCCC(c1ccccc1)c1ccccc1)N1CCNCC1. The molecule has 0 radical (unpaired) electrons. The summed E-state index contributed by atoms with van der Waals surface area (Å²) in [7, 11) is 0. The molecule has 0 aliphatic carbocycles. The van der Waals surface area contributed by atoms with Crippen LogP contribution in [0.3, 0.4) is 0 Å². The van der Waals surface area contributed by atoms with Gasteiger partial charge >= 0.3 is 0 Å². The fourth-order valence-corrected chi connectivity index (χ4v) is 9.91. The molecule has 6 aromatic carbocycles. The van der Waals surface area contributed by atoms with E-state index in [2.05, 4.69) is 119 Å². The summed E-state index contributed by atoms with van der Waals surface area (Å²) in [6, 6.07) is 61.5. The number of ketones is 1. The standard InChI is InChI=1S/C31H34N2O3.C21H26N2O.C11H10O2.C2H6/c34-28(30-22-26-14-7-8-16-29(26)36-30)23-32-18-20-33(21-19-32)31(35)17-9-15-27(24-10-3-1-4-11-24)25-12-5-2-6-13-25;24-21(23-16-14-22-15-17-23)13-7-12-20(18-8-3-1-4-9-18)19-10-5-2-6-11-19;1-2-9(12)11-7-8-5-3-4-6-10(8)13-11;1-2/h1-8,10-14,16,22,27-28,34H,9,15,17-21,23H2;1-6,8-11,20,22H,7,12-17H2;3-7H,2H2,1H3;1-2H3. The number of hydrogen-bond donors (Lipinski definition) is 2. The van der Waals surface area contributed by atoms with Crippen molar-refractivity contribution in [1.29, 1.82) is 0 Å². The van der Waals surface area contributed by atoms with Crippen LogP contribution in [0.4, 0.5) is 0 Å². The van der Waals surface area contributed by atoms with Crippen LogP contribution in [0.25, 0.3) is 21.9 Å². The van der Waals surface area contributed by atoms with E-state index < -0.39 is 6.10 Å². The summed E-state index contributed by atoms with van der Waals surface area (Å²) >= 11 is 0. The molecule has 10 rings (SSSR count). The highest BCUT2D eigenvalue weighted by molar-refractivity contribution is 5.97. The van der Waals surface area contributed by atoms with Gasteiger partial charge in [-0.3, -0.25) is 19.3 Å². The van der Waals surface area contributed by atoms with Gasteiger partial charge in [-0.1, -0.05) is 178 Å². The fourth-order valence-electron chi connectivity index (χ4n) is 9.91. The molecule has 2 N–H and O–H groups in total. The van der Waals surface area contributed by atoms with E-state index in [4.69, 9.17) is 8.83 Å². The van der Waals surface area contributed by atoms with Crippen LogP contribution in [0, 0.1) is 0 Å². The van der Waals surface area contributed by atoms with Gasteiger partial charge in [0.25, 0.3) is 0 Å². The molecular weight excluding hydrogens is 933 g/mol. The molecule has 2 amide bonds. The maximum atomic E-state index is 12.9. The Morgan fingerprint density at radius 3 is 1.35 bits per heavy atom. The van der Waals surface area contributed by atoms with E-state index in [9.17, 15) is 19.5 Å². The second kappa shape index (κ2) is 29.7. The van der Waals surface area contributed by atoms with Crippen LogP contribution in [-0.4, -0.2) is 96.3 Å². The van der Waals surface area contributed by atoms with Crippen molar-refractivity contribution in [1.82, 2.24) is 20.0 Å². The predicted octanol–water partition coefficient (Wildman–Crippen LogP) is 13.1. The quantitative estimate of drug-likeness (QED) is 0.0866. The summed E-state index contributed by atoms with van der Waals surface area (Å²) in [5.41, 5.74) is 6.83. The normalized spacial score (nSPS) is 14.1. The summed E-state index contributed by atoms with van der Waals surface area (Å²) < 4.78 is 11.2. The summed E-state index contributed by atoms with van der Waals surface area (Å²) in [5.74, 6) is 2.31. The highest BCUT2D eigenvalue weighted by atomic mass is 16.4. The van der Waals surface area contributed by atoms with Gasteiger partial charge in [0.1, 0.15) is 23.0 Å². The van der Waals surface area contributed by atoms with E-state index in [0.29, 0.717) is 68.2 Å². The Morgan fingerprint density at radius 1 is 0.520 bits per heavy atom. The minimum atomic E-state index is -0.674. The number of aliphatic hydroxyl groups excluding tert-OH is 1. The molecule has 0 bridgehead atoms. The fraction of sp³-hybridized carbons (Fsp3) is 0.338. The largest absolute Gasteiger partial charge is 0.458 e. The molecule has 75 heavy (non-hydrogen) atoms. The van der Waals surface area contributed by atoms with Crippen LogP contribution < -0.4 is 5.32 Å². The predicted molar refractivity (Wildman–Crippen MR) is 303 cm³/mol. The van der Waals surface area contributed by atoms with Gasteiger partial charge < -0.3 is 29.1 Å². The van der Waals surface area contributed by atoms with Gasteiger partial charge in [-0.2, -0.15) is 0 Å². The van der Waals surface area contributed by atoms with Crippen molar-refractivity contribution in [3.8, 4) is 0 Å². The van der Waals surface area contributed by atoms with E-state index >= 15 is 0 Å². The number of carbonyl (C=O) groups excluding carboxylic acids is 3. The molecule has 392 valence electrons. The Labute approximate surface area is 444 Å². The first-order valence-electron chi connectivity index (χ1n) is 27.2. The Hall–Kier alpha value is -7.11. The van der Waals surface area contributed by atoms with E-state index in [1.54, 1.807) is 6.07 Å². The Kier molecular flexibility index (Phi) is 22.0. The van der Waals surface area contributed by atoms with Crippen LogP contribution in [0.5, 0.6) is 0 Å². The zero-order chi connectivity index (χ0) is 52.6. The van der Waals surface area contributed by atoms with E-state index in [-0.39, 0.29) is 11.7 Å². The second-order valence-corrected chi connectivity index (χ2v) is 19.0. The topological polar surface area (TPSA) is 119 Å². The molecule has 10 heteroatoms. The van der Waals surface area contributed by atoms with E-state index in [1.165, 1.54) is 22.3 Å². The number of aliphatic hydroxyl groups is 1. The highest BCUT2D eigenvalue weighted by Gasteiger charge is 2.25. The van der Waals surface area contributed by atoms with Gasteiger partial charge in [0.15, 0.2) is 11.5 Å². The van der Waals surface area contributed by atoms with Crippen LogP contribution in [0.15, 0.2) is 191 Å². The molecule has 1 unspecified atom stereocenters. The average molecular weight is 1010 g/mol. The lowest BCUT2D eigenvalue weighted by Crippen LogP contribution is -2.49. The number of hydrogen-bond acceptors (Lipinski definition) is 8. The molecule has 2 saturated heterocycles. The molecule has 4 heterocycles. The minimum Gasteiger partial charge on any atom is -0.458 e. The van der Waals surface area contributed by atoms with Crippen LogP contribution in [-0.2, 0) is 9.59 Å². The van der Waals surface area contributed by atoms with Crippen molar-refractivity contribution >= 4 is 39.5 Å². The number of rotatable bonds is 17. The second-order valence-electron chi connectivity index (χ2n) is 19.0. The number of nitrogens with zero attached hydrogens (tertiary/aromatic N) is 3. The third kappa shape index (κ3) is 16.4. The summed E-state index contributed by atoms with van der Waals surface area (Å²) in [6.45, 7) is 12.8. The maximum absolute atomic E-state index is 12.9. The Bertz CT molecular complexity index is 2760. The van der Waals surface area contributed by atoms with E-state index in [0.717, 1.165) is 86.9 Å². The molecule has 10 nitrogen and oxygen atoms in total. The average Bonchev–Trinajstić information content (AvgIpc) is 4.13. The lowest BCUT2D eigenvalue weighted by Gasteiger charge is -2.35. The van der Waals surface area contributed by atoms with Crippen LogP contribution in [0.2, 0.25) is 0 Å². The molecule has 0 spiro atoms. The van der Waals surface area contributed by atoms with Crippen molar-refractivity contribution in [3.63, 3.8) is 0 Å². The molecule has 2 fully saturated rings. The van der Waals surface area contributed by atoms with Crippen molar-refractivity contribution in [3.05, 3.63) is 216 Å².